The van der Waals surface area contributed by atoms with Crippen LogP contribution in [0.5, 0.6) is 0 Å². The average Bonchev–Trinajstić information content (AvgIpc) is 2.96. The van der Waals surface area contributed by atoms with E-state index in [1.54, 1.807) is 11.0 Å². The normalized spacial score (nSPS) is 11.5. The molecule has 0 saturated carbocycles. The van der Waals surface area contributed by atoms with Gasteiger partial charge in [0.2, 0.25) is 0 Å². The van der Waals surface area contributed by atoms with E-state index in [1.165, 1.54) is 16.8 Å². The van der Waals surface area contributed by atoms with Gasteiger partial charge in [-0.1, -0.05) is 6.07 Å². The highest BCUT2D eigenvalue weighted by atomic mass is 15.3. The van der Waals surface area contributed by atoms with Crippen LogP contribution >= 0.6 is 0 Å². The Labute approximate surface area is 143 Å². The fourth-order valence-electron chi connectivity index (χ4n) is 2.28. The van der Waals surface area contributed by atoms with Gasteiger partial charge in [0.25, 0.3) is 0 Å². The van der Waals surface area contributed by atoms with Crippen molar-refractivity contribution in [3.8, 4) is 0 Å². The quantitative estimate of drug-likeness (QED) is 0.620. The minimum Gasteiger partial charge on any atom is -0.378 e. The van der Waals surface area contributed by atoms with E-state index in [2.05, 4.69) is 62.7 Å². The van der Waals surface area contributed by atoms with Gasteiger partial charge in [-0.25, -0.2) is 9.98 Å². The standard InChI is InChI=1S/C17H27N7/c1-6-18-17(20-11-16-21-12-22-24(16)5)19-10-14-7-8-15(23(3)4)9-13(14)2/h7-9,12H,6,10-11H2,1-5H3,(H2,18,19,20). The maximum atomic E-state index is 4.67. The molecule has 2 aromatic rings. The molecule has 1 aromatic carbocycles. The third-order valence-electron chi connectivity index (χ3n) is 3.81. The fraction of sp³-hybridized carbons (Fsp3) is 0.471. The third kappa shape index (κ3) is 4.71. The summed E-state index contributed by atoms with van der Waals surface area (Å²) in [6, 6.07) is 6.45. The van der Waals surface area contributed by atoms with Gasteiger partial charge in [0.15, 0.2) is 5.96 Å². The number of aromatic nitrogens is 3. The molecule has 1 aromatic heterocycles. The predicted octanol–water partition coefficient (Wildman–Crippen LogP) is 1.44. The number of aryl methyl sites for hydroxylation is 2. The van der Waals surface area contributed by atoms with Crippen molar-refractivity contribution in [2.45, 2.75) is 26.9 Å². The van der Waals surface area contributed by atoms with Gasteiger partial charge in [0, 0.05) is 33.4 Å². The lowest BCUT2D eigenvalue weighted by atomic mass is 10.1. The summed E-state index contributed by atoms with van der Waals surface area (Å²) >= 11 is 0. The van der Waals surface area contributed by atoms with Crippen LogP contribution in [0.3, 0.4) is 0 Å². The lowest BCUT2D eigenvalue weighted by Crippen LogP contribution is -2.37. The summed E-state index contributed by atoms with van der Waals surface area (Å²) in [6.45, 7) is 6.20. The van der Waals surface area contributed by atoms with E-state index in [0.717, 1.165) is 18.3 Å². The second kappa shape index (κ2) is 8.33. The molecule has 0 saturated heterocycles. The second-order valence-corrected chi connectivity index (χ2v) is 5.85. The molecule has 0 amide bonds. The van der Waals surface area contributed by atoms with Gasteiger partial charge in [-0.3, -0.25) is 4.68 Å². The van der Waals surface area contributed by atoms with Gasteiger partial charge >= 0.3 is 0 Å². The molecule has 1 heterocycles. The molecule has 0 aliphatic heterocycles. The van der Waals surface area contributed by atoms with Crippen molar-refractivity contribution in [2.24, 2.45) is 12.0 Å². The van der Waals surface area contributed by atoms with E-state index >= 15 is 0 Å². The van der Waals surface area contributed by atoms with Gasteiger partial charge in [-0.15, -0.1) is 0 Å². The molecule has 7 heteroatoms. The largest absolute Gasteiger partial charge is 0.378 e. The minimum atomic E-state index is 0.584. The molecular weight excluding hydrogens is 302 g/mol. The Morgan fingerprint density at radius 2 is 2.08 bits per heavy atom. The number of benzene rings is 1. The molecule has 2 N–H and O–H groups in total. The van der Waals surface area contributed by atoms with Crippen LogP contribution in [0.15, 0.2) is 29.5 Å². The Kier molecular flexibility index (Phi) is 6.17. The summed E-state index contributed by atoms with van der Waals surface area (Å²) in [5.41, 5.74) is 3.66. The van der Waals surface area contributed by atoms with Gasteiger partial charge in [-0.2, -0.15) is 5.10 Å². The Hall–Kier alpha value is -2.57. The number of aliphatic imine (C=N–C) groups is 1. The summed E-state index contributed by atoms with van der Waals surface area (Å²) in [5.74, 6) is 1.64. The monoisotopic (exact) mass is 329 g/mol. The zero-order valence-corrected chi connectivity index (χ0v) is 15.2. The first-order chi connectivity index (χ1) is 11.5. The zero-order chi connectivity index (χ0) is 17.5. The number of nitrogens with one attached hydrogen (secondary N) is 2. The first kappa shape index (κ1) is 17.8. The number of nitrogens with zero attached hydrogens (tertiary/aromatic N) is 5. The van der Waals surface area contributed by atoms with Crippen LogP contribution in [0.2, 0.25) is 0 Å². The SMILES string of the molecule is CCNC(=NCc1ccc(N(C)C)cc1C)NCc1ncnn1C. The number of guanidine groups is 1. The highest BCUT2D eigenvalue weighted by Crippen LogP contribution is 2.17. The van der Waals surface area contributed by atoms with E-state index in [9.17, 15) is 0 Å². The molecule has 0 atom stereocenters. The molecule has 2 rings (SSSR count). The van der Waals surface area contributed by atoms with E-state index in [-0.39, 0.29) is 0 Å². The molecule has 130 valence electrons. The van der Waals surface area contributed by atoms with Crippen molar-refractivity contribution in [1.82, 2.24) is 25.4 Å². The van der Waals surface area contributed by atoms with E-state index in [1.807, 2.05) is 21.1 Å². The summed E-state index contributed by atoms with van der Waals surface area (Å²) in [7, 11) is 5.97. The first-order valence-corrected chi connectivity index (χ1v) is 8.13. The van der Waals surface area contributed by atoms with E-state index in [4.69, 9.17) is 0 Å². The number of anilines is 1. The van der Waals surface area contributed by atoms with Gasteiger partial charge in [-0.05, 0) is 37.1 Å². The smallest absolute Gasteiger partial charge is 0.191 e. The van der Waals surface area contributed by atoms with Crippen molar-refractivity contribution in [1.29, 1.82) is 0 Å². The van der Waals surface area contributed by atoms with Crippen LogP contribution in [0.25, 0.3) is 0 Å². The number of hydrogen-bond donors (Lipinski definition) is 2. The topological polar surface area (TPSA) is 70.4 Å². The maximum Gasteiger partial charge on any atom is 0.191 e. The number of rotatable bonds is 6. The van der Waals surface area contributed by atoms with Crippen LogP contribution in [-0.2, 0) is 20.1 Å². The molecule has 24 heavy (non-hydrogen) atoms. The van der Waals surface area contributed by atoms with Crippen LogP contribution in [0.4, 0.5) is 5.69 Å². The van der Waals surface area contributed by atoms with E-state index < -0.39 is 0 Å². The zero-order valence-electron chi connectivity index (χ0n) is 15.2. The summed E-state index contributed by atoms with van der Waals surface area (Å²) in [4.78, 5) is 11.0. The molecule has 0 bridgehead atoms. The van der Waals surface area contributed by atoms with Crippen molar-refractivity contribution < 1.29 is 0 Å². The molecule has 0 radical (unpaired) electrons. The van der Waals surface area contributed by atoms with Gasteiger partial charge in [0.1, 0.15) is 12.2 Å². The Morgan fingerprint density at radius 1 is 1.29 bits per heavy atom. The highest BCUT2D eigenvalue weighted by Gasteiger charge is 2.04. The van der Waals surface area contributed by atoms with Crippen molar-refractivity contribution in [2.75, 3.05) is 25.5 Å². The van der Waals surface area contributed by atoms with Gasteiger partial charge in [0.05, 0.1) is 13.1 Å². The predicted molar refractivity (Wildman–Crippen MR) is 98.2 cm³/mol. The second-order valence-electron chi connectivity index (χ2n) is 5.85. The lowest BCUT2D eigenvalue weighted by Gasteiger charge is -2.15. The van der Waals surface area contributed by atoms with E-state index in [0.29, 0.717) is 13.1 Å². The van der Waals surface area contributed by atoms with Crippen molar-refractivity contribution in [3.05, 3.63) is 41.5 Å². The Bertz CT molecular complexity index is 688. The highest BCUT2D eigenvalue weighted by molar-refractivity contribution is 5.79. The Balaban J connectivity index is 2.03. The van der Waals surface area contributed by atoms with Crippen LogP contribution < -0.4 is 15.5 Å². The first-order valence-electron chi connectivity index (χ1n) is 8.13. The Morgan fingerprint density at radius 3 is 2.67 bits per heavy atom. The summed E-state index contributed by atoms with van der Waals surface area (Å²) < 4.78 is 1.75. The number of hydrogen-bond acceptors (Lipinski definition) is 4. The molecule has 0 spiro atoms. The molecule has 0 aliphatic rings. The van der Waals surface area contributed by atoms with Crippen LogP contribution in [0, 0.1) is 6.92 Å². The maximum absolute atomic E-state index is 4.67. The molecule has 0 unspecified atom stereocenters. The van der Waals surface area contributed by atoms with Crippen LogP contribution in [-0.4, -0.2) is 41.4 Å². The van der Waals surface area contributed by atoms with Gasteiger partial charge < -0.3 is 15.5 Å². The summed E-state index contributed by atoms with van der Waals surface area (Å²) in [6.07, 6.45) is 1.55. The fourth-order valence-corrected chi connectivity index (χ4v) is 2.28. The third-order valence-corrected chi connectivity index (χ3v) is 3.81. The minimum absolute atomic E-state index is 0.584. The summed E-state index contributed by atoms with van der Waals surface area (Å²) in [5, 5.41) is 10.6. The molecular formula is C17H27N7. The van der Waals surface area contributed by atoms with Crippen LogP contribution in [0.1, 0.15) is 23.9 Å². The molecule has 0 aliphatic carbocycles. The lowest BCUT2D eigenvalue weighted by molar-refractivity contribution is 0.673. The van der Waals surface area contributed by atoms with Crippen molar-refractivity contribution in [3.63, 3.8) is 0 Å². The van der Waals surface area contributed by atoms with Crippen molar-refractivity contribution >= 4 is 11.6 Å². The molecule has 7 nitrogen and oxygen atoms in total. The molecule has 0 fully saturated rings. The average molecular weight is 329 g/mol.